The number of carboxylic acid groups (broad SMARTS) is 2. The number of Topliss-reactive ketones (excluding diaryl/α,β-unsaturated/α-hetero) is 2. The topological polar surface area (TPSA) is 152 Å². The monoisotopic (exact) mass is 756 g/mol. The second-order valence-electron chi connectivity index (χ2n) is 13.3. The Labute approximate surface area is 328 Å². The van der Waals surface area contributed by atoms with Gasteiger partial charge in [0.1, 0.15) is 5.75 Å². The predicted molar refractivity (Wildman–Crippen MR) is 214 cm³/mol. The van der Waals surface area contributed by atoms with Crippen molar-refractivity contribution < 1.29 is 43.7 Å². The van der Waals surface area contributed by atoms with Gasteiger partial charge in [0.25, 0.3) is 6.47 Å². The van der Waals surface area contributed by atoms with Crippen LogP contribution in [-0.2, 0) is 4.79 Å². The van der Waals surface area contributed by atoms with Gasteiger partial charge in [-0.1, -0.05) is 133 Å². The summed E-state index contributed by atoms with van der Waals surface area (Å²) < 4.78 is 4.94. The molecule has 0 aromatic heterocycles. The van der Waals surface area contributed by atoms with Crippen LogP contribution in [0.4, 0.5) is 0 Å². The van der Waals surface area contributed by atoms with E-state index in [4.69, 9.17) is 9.84 Å². The number of benzene rings is 6. The van der Waals surface area contributed by atoms with Crippen molar-refractivity contribution >= 4 is 41.8 Å². The predicted octanol–water partition coefficient (Wildman–Crippen LogP) is 9.08. The normalized spacial score (nSPS) is 16.9. The smallest absolute Gasteiger partial charge is 0.335 e. The molecule has 7 rings (SSSR count). The van der Waals surface area contributed by atoms with Crippen LogP contribution in [0.25, 0.3) is 6.08 Å². The highest BCUT2D eigenvalue weighted by molar-refractivity contribution is 6.08. The van der Waals surface area contributed by atoms with Crippen molar-refractivity contribution in [2.24, 2.45) is 11.8 Å². The maximum absolute atomic E-state index is 13.9. The van der Waals surface area contributed by atoms with Gasteiger partial charge in [0.2, 0.25) is 0 Å². The average Bonchev–Trinajstić information content (AvgIpc) is 3.24. The van der Waals surface area contributed by atoms with Crippen LogP contribution >= 0.6 is 0 Å². The summed E-state index contributed by atoms with van der Waals surface area (Å²) in [6.45, 7) is 0.349. The second-order valence-corrected chi connectivity index (χ2v) is 13.3. The van der Waals surface area contributed by atoms with Crippen LogP contribution < -0.4 is 4.74 Å². The standard InChI is InChI=1S/C32H24O6.C16H12O3/c33-19-38-25-17-15-21(16-18-25)27-26(20-11-13-24(14-12-20)32(36)37)28(30(34)22-7-3-1-4-8-22)29(27)31(35)23-9-5-2-6-10-23;17-15(13-4-2-1-3-5-13)11-8-12-6-9-14(10-7-12)16(18)19/h1-19,26-29H,(H,36,37);1-11H,(H,18,19)/b;11-8+/t26-,27-,28+,29+;/m0./s1. The van der Waals surface area contributed by atoms with Crippen LogP contribution in [0.2, 0.25) is 0 Å². The van der Waals surface area contributed by atoms with Crippen LogP contribution in [0.5, 0.6) is 5.75 Å². The van der Waals surface area contributed by atoms with Crippen molar-refractivity contribution in [3.8, 4) is 5.75 Å². The van der Waals surface area contributed by atoms with E-state index in [1.807, 2.05) is 30.3 Å². The molecular formula is C48H36O9. The van der Waals surface area contributed by atoms with Gasteiger partial charge in [-0.05, 0) is 59.2 Å². The Balaban J connectivity index is 0.000000242. The molecule has 0 amide bonds. The third-order valence-corrected chi connectivity index (χ3v) is 9.90. The molecule has 0 unspecified atom stereocenters. The van der Waals surface area contributed by atoms with E-state index in [1.165, 1.54) is 30.3 Å². The average molecular weight is 757 g/mol. The molecule has 0 spiro atoms. The first-order valence-corrected chi connectivity index (χ1v) is 18.0. The van der Waals surface area contributed by atoms with Crippen molar-refractivity contribution in [2.45, 2.75) is 11.8 Å². The number of aromatic carboxylic acids is 2. The third kappa shape index (κ3) is 9.24. The molecule has 0 saturated heterocycles. The Bertz CT molecular complexity index is 2390. The summed E-state index contributed by atoms with van der Waals surface area (Å²) >= 11 is 0. The number of carbonyl (C=O) groups is 6. The number of carboxylic acids is 2. The van der Waals surface area contributed by atoms with Gasteiger partial charge in [0, 0.05) is 40.4 Å². The third-order valence-electron chi connectivity index (χ3n) is 9.90. The molecule has 282 valence electrons. The molecule has 1 aliphatic carbocycles. The van der Waals surface area contributed by atoms with E-state index in [0.717, 1.165) is 16.7 Å². The van der Waals surface area contributed by atoms with E-state index < -0.39 is 23.8 Å². The summed E-state index contributed by atoms with van der Waals surface area (Å²) in [5.74, 6) is -4.01. The van der Waals surface area contributed by atoms with Gasteiger partial charge in [-0.2, -0.15) is 0 Å². The quantitative estimate of drug-likeness (QED) is 0.0668. The van der Waals surface area contributed by atoms with E-state index in [1.54, 1.807) is 115 Å². The van der Waals surface area contributed by atoms with Gasteiger partial charge >= 0.3 is 11.9 Å². The van der Waals surface area contributed by atoms with Gasteiger partial charge in [-0.3, -0.25) is 19.2 Å². The number of ether oxygens (including phenoxy) is 1. The molecule has 9 heteroatoms. The number of hydrogen-bond acceptors (Lipinski definition) is 7. The minimum absolute atomic E-state index is 0.0806. The first kappa shape index (κ1) is 39.2. The fourth-order valence-electron chi connectivity index (χ4n) is 7.10. The van der Waals surface area contributed by atoms with E-state index in [9.17, 15) is 33.9 Å². The van der Waals surface area contributed by atoms with Gasteiger partial charge < -0.3 is 14.9 Å². The number of hydrogen-bond donors (Lipinski definition) is 2. The van der Waals surface area contributed by atoms with Crippen LogP contribution in [0.1, 0.15) is 80.3 Å². The van der Waals surface area contributed by atoms with Crippen LogP contribution in [0.15, 0.2) is 170 Å². The lowest BCUT2D eigenvalue weighted by Crippen LogP contribution is -2.51. The Morgan fingerprint density at radius 2 is 0.842 bits per heavy atom. The Morgan fingerprint density at radius 3 is 1.25 bits per heavy atom. The summed E-state index contributed by atoms with van der Waals surface area (Å²) in [5.41, 5.74) is 4.42. The van der Waals surface area contributed by atoms with Crippen LogP contribution in [0, 0.1) is 11.8 Å². The van der Waals surface area contributed by atoms with Crippen molar-refractivity contribution in [2.75, 3.05) is 0 Å². The lowest BCUT2D eigenvalue weighted by atomic mass is 9.49. The molecule has 6 aromatic carbocycles. The van der Waals surface area contributed by atoms with Crippen molar-refractivity contribution in [1.29, 1.82) is 0 Å². The van der Waals surface area contributed by atoms with Crippen molar-refractivity contribution in [3.05, 3.63) is 214 Å². The van der Waals surface area contributed by atoms with E-state index in [2.05, 4.69) is 0 Å². The molecule has 57 heavy (non-hydrogen) atoms. The summed E-state index contributed by atoms with van der Waals surface area (Å²) in [7, 11) is 0. The fourth-order valence-corrected chi connectivity index (χ4v) is 7.10. The highest BCUT2D eigenvalue weighted by atomic mass is 16.5. The summed E-state index contributed by atoms with van der Waals surface area (Å²) in [5, 5.41) is 18.1. The Hall–Kier alpha value is -7.52. The zero-order valence-electron chi connectivity index (χ0n) is 30.4. The minimum Gasteiger partial charge on any atom is -0.478 e. The van der Waals surface area contributed by atoms with Crippen LogP contribution in [-0.4, -0.2) is 46.0 Å². The van der Waals surface area contributed by atoms with Gasteiger partial charge in [-0.15, -0.1) is 0 Å². The summed E-state index contributed by atoms with van der Waals surface area (Å²) in [6, 6.07) is 46.5. The molecular weight excluding hydrogens is 721 g/mol. The SMILES string of the molecule is O=C(O)c1ccc(/C=C/C(=O)c2ccccc2)cc1.O=COc1ccc([C@@H]2[C@@H](C(=O)c3ccccc3)[C@H](C(=O)c3ccccc3)[C@H]2c2ccc(C(=O)O)cc2)cc1. The summed E-state index contributed by atoms with van der Waals surface area (Å²) in [6.07, 6.45) is 3.14. The van der Waals surface area contributed by atoms with E-state index >= 15 is 0 Å². The van der Waals surface area contributed by atoms with E-state index in [0.29, 0.717) is 28.9 Å². The fraction of sp³-hybridized carbons (Fsp3) is 0.0833. The van der Waals surface area contributed by atoms with Gasteiger partial charge in [0.05, 0.1) is 11.1 Å². The zero-order valence-corrected chi connectivity index (χ0v) is 30.4. The molecule has 0 bridgehead atoms. The highest BCUT2D eigenvalue weighted by Gasteiger charge is 2.57. The minimum atomic E-state index is -1.04. The van der Waals surface area contributed by atoms with Crippen LogP contribution in [0.3, 0.4) is 0 Å². The van der Waals surface area contributed by atoms with Crippen molar-refractivity contribution in [3.63, 3.8) is 0 Å². The molecule has 1 aliphatic rings. The van der Waals surface area contributed by atoms with Gasteiger partial charge in [0.15, 0.2) is 17.3 Å². The summed E-state index contributed by atoms with van der Waals surface area (Å²) in [4.78, 5) is 72.6. The Morgan fingerprint density at radius 1 is 0.456 bits per heavy atom. The molecule has 1 fully saturated rings. The number of rotatable bonds is 13. The first-order chi connectivity index (χ1) is 27.7. The Kier molecular flexibility index (Phi) is 12.5. The lowest BCUT2D eigenvalue weighted by Gasteiger charge is -2.51. The molecule has 2 N–H and O–H groups in total. The highest BCUT2D eigenvalue weighted by Crippen LogP contribution is 2.59. The van der Waals surface area contributed by atoms with Gasteiger partial charge in [-0.25, -0.2) is 9.59 Å². The largest absolute Gasteiger partial charge is 0.478 e. The molecule has 4 atom stereocenters. The lowest BCUT2D eigenvalue weighted by molar-refractivity contribution is -0.120. The van der Waals surface area contributed by atoms with Crippen molar-refractivity contribution in [1.82, 2.24) is 0 Å². The van der Waals surface area contributed by atoms with E-state index in [-0.39, 0.29) is 40.3 Å². The molecule has 0 aliphatic heterocycles. The number of allylic oxidation sites excluding steroid dienone is 1. The number of ketones is 3. The molecule has 0 radical (unpaired) electrons. The zero-order chi connectivity index (χ0) is 40.3. The molecule has 6 aromatic rings. The maximum atomic E-state index is 13.9. The first-order valence-electron chi connectivity index (χ1n) is 18.0. The molecule has 1 saturated carbocycles. The molecule has 9 nitrogen and oxygen atoms in total. The number of carbonyl (C=O) groups excluding carboxylic acids is 4. The second kappa shape index (κ2) is 18.2. The maximum Gasteiger partial charge on any atom is 0.335 e. The molecule has 0 heterocycles.